The first-order valence-electron chi connectivity index (χ1n) is 5.83. The molecule has 0 amide bonds. The third-order valence-corrected chi connectivity index (χ3v) is 4.64. The van der Waals surface area contributed by atoms with Crippen LogP contribution in [0, 0.1) is 5.82 Å². The first-order chi connectivity index (χ1) is 9.73. The molecule has 0 bridgehead atoms. The number of carbonyl (C=O) groups excluding carboxylic acids is 1. The number of ether oxygens (including phenoxy) is 1. The minimum Gasteiger partial charge on any atom is -0.478 e. The van der Waals surface area contributed by atoms with Gasteiger partial charge in [-0.15, -0.1) is 0 Å². The molecule has 0 saturated heterocycles. The standard InChI is InChI=1S/C12H14FNO6S/c1-3-14(7-11(15)20-2)21(18,19)10-5-4-8(12(16)17)6-9(10)13/h4-6H,3,7H2,1-2H3,(H,16,17). The molecule has 1 rings (SSSR count). The van der Waals surface area contributed by atoms with Crippen LogP contribution in [0.5, 0.6) is 0 Å². The van der Waals surface area contributed by atoms with E-state index in [1.54, 1.807) is 0 Å². The zero-order chi connectivity index (χ0) is 16.2. The Hall–Kier alpha value is -2.00. The maximum absolute atomic E-state index is 13.8. The largest absolute Gasteiger partial charge is 0.478 e. The van der Waals surface area contributed by atoms with E-state index in [1.165, 1.54) is 6.92 Å². The molecule has 0 saturated carbocycles. The van der Waals surface area contributed by atoms with Gasteiger partial charge in [0.05, 0.1) is 12.7 Å². The van der Waals surface area contributed by atoms with Crippen molar-refractivity contribution in [2.75, 3.05) is 20.2 Å². The second kappa shape index (κ2) is 6.64. The van der Waals surface area contributed by atoms with Gasteiger partial charge in [0.25, 0.3) is 0 Å². The van der Waals surface area contributed by atoms with Gasteiger partial charge in [-0.3, -0.25) is 4.79 Å². The lowest BCUT2D eigenvalue weighted by Gasteiger charge is -2.19. The molecule has 0 spiro atoms. The van der Waals surface area contributed by atoms with E-state index in [9.17, 15) is 22.4 Å². The maximum Gasteiger partial charge on any atom is 0.335 e. The van der Waals surface area contributed by atoms with Crippen molar-refractivity contribution in [1.82, 2.24) is 4.31 Å². The van der Waals surface area contributed by atoms with Gasteiger partial charge in [0.15, 0.2) is 0 Å². The number of carboxylic acids is 1. The van der Waals surface area contributed by atoms with Crippen molar-refractivity contribution in [3.63, 3.8) is 0 Å². The summed E-state index contributed by atoms with van der Waals surface area (Å²) < 4.78 is 43.4. The number of nitrogens with zero attached hydrogens (tertiary/aromatic N) is 1. The number of sulfonamides is 1. The molecule has 0 unspecified atom stereocenters. The fraction of sp³-hybridized carbons (Fsp3) is 0.333. The average Bonchev–Trinajstić information content (AvgIpc) is 2.43. The molecular weight excluding hydrogens is 305 g/mol. The zero-order valence-corrected chi connectivity index (χ0v) is 12.2. The molecule has 7 nitrogen and oxygen atoms in total. The summed E-state index contributed by atoms with van der Waals surface area (Å²) in [6.45, 7) is 0.844. The predicted octanol–water partition coefficient (Wildman–Crippen LogP) is 0.708. The molecule has 1 aromatic carbocycles. The van der Waals surface area contributed by atoms with Crippen molar-refractivity contribution >= 4 is 22.0 Å². The molecule has 0 radical (unpaired) electrons. The number of methoxy groups -OCH3 is 1. The van der Waals surface area contributed by atoms with Crippen molar-refractivity contribution in [3.05, 3.63) is 29.6 Å². The lowest BCUT2D eigenvalue weighted by Crippen LogP contribution is -2.36. The molecule has 0 aliphatic carbocycles. The smallest absolute Gasteiger partial charge is 0.335 e. The number of rotatable bonds is 6. The van der Waals surface area contributed by atoms with Crippen LogP contribution in [0.2, 0.25) is 0 Å². The van der Waals surface area contributed by atoms with Crippen LogP contribution in [0.25, 0.3) is 0 Å². The van der Waals surface area contributed by atoms with Crippen LogP contribution in [0.1, 0.15) is 17.3 Å². The van der Waals surface area contributed by atoms with E-state index in [0.717, 1.165) is 23.5 Å². The Kier molecular flexibility index (Phi) is 5.39. The van der Waals surface area contributed by atoms with Gasteiger partial charge in [-0.25, -0.2) is 17.6 Å². The normalized spacial score (nSPS) is 11.4. The van der Waals surface area contributed by atoms with E-state index >= 15 is 0 Å². The van der Waals surface area contributed by atoms with Gasteiger partial charge in [-0.1, -0.05) is 6.92 Å². The number of carbonyl (C=O) groups is 2. The summed E-state index contributed by atoms with van der Waals surface area (Å²) in [5.41, 5.74) is -0.373. The number of carboxylic acid groups (broad SMARTS) is 1. The third kappa shape index (κ3) is 3.76. The van der Waals surface area contributed by atoms with Crippen LogP contribution < -0.4 is 0 Å². The van der Waals surface area contributed by atoms with Gasteiger partial charge in [-0.05, 0) is 18.2 Å². The summed E-state index contributed by atoms with van der Waals surface area (Å²) in [6, 6.07) is 2.44. The number of likely N-dealkylation sites (N-methyl/N-ethyl adjacent to an activating group) is 1. The van der Waals surface area contributed by atoms with Crippen LogP contribution in [0.4, 0.5) is 4.39 Å². The summed E-state index contributed by atoms with van der Waals surface area (Å²) in [6.07, 6.45) is 0. The van der Waals surface area contributed by atoms with Gasteiger partial charge in [0, 0.05) is 6.54 Å². The maximum atomic E-state index is 13.8. The molecule has 0 aliphatic heterocycles. The zero-order valence-electron chi connectivity index (χ0n) is 11.4. The first kappa shape index (κ1) is 17.1. The Morgan fingerprint density at radius 2 is 2.00 bits per heavy atom. The second-order valence-corrected chi connectivity index (χ2v) is 5.86. The average molecular weight is 319 g/mol. The Balaban J connectivity index is 3.23. The van der Waals surface area contributed by atoms with E-state index in [-0.39, 0.29) is 12.1 Å². The van der Waals surface area contributed by atoms with Crippen molar-refractivity contribution < 1.29 is 32.2 Å². The Morgan fingerprint density at radius 3 is 2.43 bits per heavy atom. The first-order valence-corrected chi connectivity index (χ1v) is 7.27. The molecule has 0 heterocycles. The van der Waals surface area contributed by atoms with Crippen molar-refractivity contribution in [2.45, 2.75) is 11.8 Å². The lowest BCUT2D eigenvalue weighted by molar-refractivity contribution is -0.140. The SMILES string of the molecule is CCN(CC(=O)OC)S(=O)(=O)c1ccc(C(=O)O)cc1F. The van der Waals surface area contributed by atoms with Crippen LogP contribution in [-0.4, -0.2) is 50.0 Å². The van der Waals surface area contributed by atoms with Gasteiger partial charge >= 0.3 is 11.9 Å². The van der Waals surface area contributed by atoms with Crippen molar-refractivity contribution in [1.29, 1.82) is 0 Å². The molecule has 0 aliphatic rings. The molecule has 9 heteroatoms. The van der Waals surface area contributed by atoms with Crippen LogP contribution in [0.3, 0.4) is 0 Å². The molecule has 0 fully saturated rings. The molecule has 0 aromatic heterocycles. The molecule has 1 N–H and O–H groups in total. The topological polar surface area (TPSA) is 101 Å². The number of hydrogen-bond acceptors (Lipinski definition) is 5. The Labute approximate surface area is 121 Å². The lowest BCUT2D eigenvalue weighted by atomic mass is 10.2. The molecule has 116 valence electrons. The van der Waals surface area contributed by atoms with Crippen molar-refractivity contribution in [2.24, 2.45) is 0 Å². The second-order valence-electron chi connectivity index (χ2n) is 3.96. The number of benzene rings is 1. The minimum atomic E-state index is -4.26. The van der Waals surface area contributed by atoms with Gasteiger partial charge in [0.1, 0.15) is 17.3 Å². The monoisotopic (exact) mass is 319 g/mol. The highest BCUT2D eigenvalue weighted by Gasteiger charge is 2.28. The molecule has 21 heavy (non-hydrogen) atoms. The summed E-state index contributed by atoms with van der Waals surface area (Å²) in [5.74, 6) is -3.36. The van der Waals surface area contributed by atoms with Gasteiger partial charge in [-0.2, -0.15) is 4.31 Å². The third-order valence-electron chi connectivity index (χ3n) is 2.68. The fourth-order valence-electron chi connectivity index (χ4n) is 1.56. The highest BCUT2D eigenvalue weighted by molar-refractivity contribution is 7.89. The molecular formula is C12H14FNO6S. The van der Waals surface area contributed by atoms with E-state index in [4.69, 9.17) is 5.11 Å². The van der Waals surface area contributed by atoms with Gasteiger partial charge < -0.3 is 9.84 Å². The number of halogens is 1. The predicted molar refractivity (Wildman–Crippen MR) is 69.8 cm³/mol. The van der Waals surface area contributed by atoms with E-state index in [1.807, 2.05) is 0 Å². The van der Waals surface area contributed by atoms with E-state index in [2.05, 4.69) is 4.74 Å². The molecule has 1 aromatic rings. The summed E-state index contributed by atoms with van der Waals surface area (Å²) in [4.78, 5) is 21.2. The van der Waals surface area contributed by atoms with E-state index < -0.39 is 39.2 Å². The van der Waals surface area contributed by atoms with Crippen LogP contribution in [-0.2, 0) is 19.6 Å². The molecule has 0 atom stereocenters. The van der Waals surface area contributed by atoms with Crippen molar-refractivity contribution in [3.8, 4) is 0 Å². The highest BCUT2D eigenvalue weighted by Crippen LogP contribution is 2.20. The number of aromatic carboxylic acids is 1. The summed E-state index contributed by atoms with van der Waals surface area (Å²) >= 11 is 0. The van der Waals surface area contributed by atoms with Gasteiger partial charge in [0.2, 0.25) is 10.0 Å². The fourth-order valence-corrected chi connectivity index (χ4v) is 3.00. The van der Waals surface area contributed by atoms with Crippen LogP contribution in [0.15, 0.2) is 23.1 Å². The van der Waals surface area contributed by atoms with Crippen LogP contribution >= 0.6 is 0 Å². The summed E-state index contributed by atoms with van der Waals surface area (Å²) in [5, 5.41) is 8.72. The Bertz CT molecular complexity index is 658. The number of esters is 1. The van der Waals surface area contributed by atoms with E-state index in [0.29, 0.717) is 6.07 Å². The number of hydrogen-bond donors (Lipinski definition) is 1. The highest BCUT2D eigenvalue weighted by atomic mass is 32.2. The minimum absolute atomic E-state index is 0.0719. The quantitative estimate of drug-likeness (QED) is 0.775. The summed E-state index contributed by atoms with van der Waals surface area (Å²) in [7, 11) is -3.16. The Morgan fingerprint density at radius 1 is 1.38 bits per heavy atom.